The normalized spacial score (nSPS) is 12.7. The van der Waals surface area contributed by atoms with Crippen molar-refractivity contribution in [3.63, 3.8) is 0 Å². The number of ether oxygens (including phenoxy) is 1. The SMILES string of the molecule is CCn1nnc2ccc(-c3c[nH]c4nc(N[C@@H](C)COC)ncc34)cc21. The summed E-state index contributed by atoms with van der Waals surface area (Å²) in [6.45, 7) is 5.46. The topological polar surface area (TPSA) is 93.5 Å². The summed E-state index contributed by atoms with van der Waals surface area (Å²) in [6, 6.07) is 6.28. The van der Waals surface area contributed by atoms with Gasteiger partial charge in [-0.25, -0.2) is 9.67 Å². The lowest BCUT2D eigenvalue weighted by Gasteiger charge is -2.12. The van der Waals surface area contributed by atoms with Crippen molar-refractivity contribution in [2.45, 2.75) is 26.4 Å². The molecule has 3 aromatic heterocycles. The first kappa shape index (κ1) is 16.5. The summed E-state index contributed by atoms with van der Waals surface area (Å²) >= 11 is 0. The van der Waals surface area contributed by atoms with Crippen LogP contribution in [0.1, 0.15) is 13.8 Å². The molecule has 0 aliphatic carbocycles. The van der Waals surface area contributed by atoms with Gasteiger partial charge >= 0.3 is 0 Å². The van der Waals surface area contributed by atoms with E-state index in [1.54, 1.807) is 7.11 Å². The summed E-state index contributed by atoms with van der Waals surface area (Å²) < 4.78 is 7.03. The van der Waals surface area contributed by atoms with Crippen molar-refractivity contribution in [2.75, 3.05) is 19.0 Å². The van der Waals surface area contributed by atoms with Crippen molar-refractivity contribution in [1.82, 2.24) is 29.9 Å². The number of nitrogens with one attached hydrogen (secondary N) is 2. The largest absolute Gasteiger partial charge is 0.383 e. The molecule has 4 aromatic rings. The van der Waals surface area contributed by atoms with Crippen LogP contribution in [0.25, 0.3) is 33.2 Å². The summed E-state index contributed by atoms with van der Waals surface area (Å²) in [6.07, 6.45) is 3.80. The Morgan fingerprint density at radius 2 is 2.23 bits per heavy atom. The third-order valence-electron chi connectivity index (χ3n) is 4.35. The van der Waals surface area contributed by atoms with E-state index in [0.717, 1.165) is 39.7 Å². The first-order valence-electron chi connectivity index (χ1n) is 8.62. The highest BCUT2D eigenvalue weighted by Gasteiger charge is 2.12. The Balaban J connectivity index is 1.71. The molecule has 4 rings (SSSR count). The fourth-order valence-electron chi connectivity index (χ4n) is 3.09. The lowest BCUT2D eigenvalue weighted by molar-refractivity contribution is 0.190. The predicted molar refractivity (Wildman–Crippen MR) is 101 cm³/mol. The van der Waals surface area contributed by atoms with Crippen molar-refractivity contribution in [2.24, 2.45) is 0 Å². The van der Waals surface area contributed by atoms with Crippen LogP contribution in [0.5, 0.6) is 0 Å². The Bertz CT molecular complexity index is 1050. The van der Waals surface area contributed by atoms with Crippen LogP contribution in [-0.2, 0) is 11.3 Å². The molecule has 0 saturated carbocycles. The van der Waals surface area contributed by atoms with Crippen LogP contribution in [0.2, 0.25) is 0 Å². The maximum Gasteiger partial charge on any atom is 0.224 e. The van der Waals surface area contributed by atoms with Gasteiger partial charge in [0.15, 0.2) is 0 Å². The highest BCUT2D eigenvalue weighted by Crippen LogP contribution is 2.29. The summed E-state index contributed by atoms with van der Waals surface area (Å²) in [5.41, 5.74) is 4.85. The van der Waals surface area contributed by atoms with Crippen molar-refractivity contribution in [3.05, 3.63) is 30.6 Å². The van der Waals surface area contributed by atoms with Gasteiger partial charge in [0, 0.05) is 43.0 Å². The third kappa shape index (κ3) is 2.88. The van der Waals surface area contributed by atoms with E-state index >= 15 is 0 Å². The second kappa shape index (κ2) is 6.72. The molecule has 0 bridgehead atoms. The molecule has 1 atom stereocenters. The summed E-state index contributed by atoms with van der Waals surface area (Å²) in [4.78, 5) is 12.3. The van der Waals surface area contributed by atoms with E-state index in [0.29, 0.717) is 12.6 Å². The average Bonchev–Trinajstić information content (AvgIpc) is 3.24. The van der Waals surface area contributed by atoms with Gasteiger partial charge in [0.25, 0.3) is 0 Å². The Kier molecular flexibility index (Phi) is 4.26. The van der Waals surface area contributed by atoms with E-state index in [9.17, 15) is 0 Å². The smallest absolute Gasteiger partial charge is 0.224 e. The van der Waals surface area contributed by atoms with Crippen molar-refractivity contribution in [3.8, 4) is 11.1 Å². The molecule has 0 fully saturated rings. The number of aromatic amines is 1. The van der Waals surface area contributed by atoms with Gasteiger partial charge in [-0.05, 0) is 31.5 Å². The van der Waals surface area contributed by atoms with Gasteiger partial charge in [-0.15, -0.1) is 5.10 Å². The molecule has 8 heteroatoms. The fraction of sp³-hybridized carbons (Fsp3) is 0.333. The van der Waals surface area contributed by atoms with Gasteiger partial charge in [0.05, 0.1) is 12.1 Å². The lowest BCUT2D eigenvalue weighted by atomic mass is 10.1. The van der Waals surface area contributed by atoms with Gasteiger partial charge < -0.3 is 15.0 Å². The highest BCUT2D eigenvalue weighted by atomic mass is 16.5. The van der Waals surface area contributed by atoms with E-state index < -0.39 is 0 Å². The van der Waals surface area contributed by atoms with Gasteiger partial charge in [0.1, 0.15) is 11.2 Å². The number of hydrogen-bond acceptors (Lipinski definition) is 6. The Labute approximate surface area is 150 Å². The van der Waals surface area contributed by atoms with E-state index in [1.165, 1.54) is 0 Å². The number of hydrogen-bond donors (Lipinski definition) is 2. The second-order valence-electron chi connectivity index (χ2n) is 6.27. The Hall–Kier alpha value is -3.00. The van der Waals surface area contributed by atoms with E-state index in [2.05, 4.69) is 43.6 Å². The molecule has 2 N–H and O–H groups in total. The van der Waals surface area contributed by atoms with Crippen LogP contribution >= 0.6 is 0 Å². The molecule has 0 spiro atoms. The molecular weight excluding hydrogens is 330 g/mol. The zero-order valence-electron chi connectivity index (χ0n) is 15.0. The number of aromatic nitrogens is 6. The molecule has 0 aliphatic rings. The van der Waals surface area contributed by atoms with Gasteiger partial charge in [-0.1, -0.05) is 11.3 Å². The van der Waals surface area contributed by atoms with Crippen LogP contribution in [0.15, 0.2) is 30.6 Å². The van der Waals surface area contributed by atoms with Gasteiger partial charge in [0.2, 0.25) is 5.95 Å². The maximum atomic E-state index is 5.13. The quantitative estimate of drug-likeness (QED) is 0.555. The molecule has 134 valence electrons. The standard InChI is InChI=1S/C18H21N7O/c1-4-25-16-7-12(5-6-15(16)23-24-25)13-8-19-17-14(13)9-20-18(22-17)21-11(2)10-26-3/h5-9,11H,4,10H2,1-3H3,(H2,19,20,21,22)/t11-/m0/s1. The molecule has 26 heavy (non-hydrogen) atoms. The summed E-state index contributed by atoms with van der Waals surface area (Å²) in [5.74, 6) is 0.583. The van der Waals surface area contributed by atoms with Crippen LogP contribution in [0.3, 0.4) is 0 Å². The molecule has 3 heterocycles. The second-order valence-corrected chi connectivity index (χ2v) is 6.27. The Morgan fingerprint density at radius 1 is 1.35 bits per heavy atom. The Morgan fingerprint density at radius 3 is 3.04 bits per heavy atom. The molecule has 0 unspecified atom stereocenters. The monoisotopic (exact) mass is 351 g/mol. The van der Waals surface area contributed by atoms with Crippen molar-refractivity contribution < 1.29 is 4.74 Å². The minimum Gasteiger partial charge on any atom is -0.383 e. The van der Waals surface area contributed by atoms with E-state index in [1.807, 2.05) is 36.1 Å². The zero-order valence-corrected chi connectivity index (χ0v) is 15.0. The minimum absolute atomic E-state index is 0.135. The molecule has 0 aliphatic heterocycles. The predicted octanol–water partition coefficient (Wildman–Crippen LogP) is 2.84. The van der Waals surface area contributed by atoms with Crippen LogP contribution in [-0.4, -0.2) is 49.7 Å². The molecule has 0 saturated heterocycles. The highest BCUT2D eigenvalue weighted by molar-refractivity contribution is 5.95. The number of benzene rings is 1. The number of H-pyrrole nitrogens is 1. The summed E-state index contributed by atoms with van der Waals surface area (Å²) in [5, 5.41) is 12.6. The van der Waals surface area contributed by atoms with Crippen molar-refractivity contribution >= 4 is 28.0 Å². The van der Waals surface area contributed by atoms with Gasteiger partial charge in [-0.2, -0.15) is 4.98 Å². The minimum atomic E-state index is 0.135. The van der Waals surface area contributed by atoms with E-state index in [-0.39, 0.29) is 6.04 Å². The first-order chi connectivity index (χ1) is 12.7. The van der Waals surface area contributed by atoms with E-state index in [4.69, 9.17) is 4.74 Å². The number of nitrogens with zero attached hydrogens (tertiary/aromatic N) is 5. The molecule has 8 nitrogen and oxygen atoms in total. The van der Waals surface area contributed by atoms with Crippen LogP contribution < -0.4 is 5.32 Å². The first-order valence-corrected chi connectivity index (χ1v) is 8.62. The zero-order chi connectivity index (χ0) is 18.1. The summed E-state index contributed by atoms with van der Waals surface area (Å²) in [7, 11) is 1.68. The fourth-order valence-corrected chi connectivity index (χ4v) is 3.09. The van der Waals surface area contributed by atoms with Crippen LogP contribution in [0, 0.1) is 0 Å². The van der Waals surface area contributed by atoms with Crippen molar-refractivity contribution in [1.29, 1.82) is 0 Å². The third-order valence-corrected chi connectivity index (χ3v) is 4.35. The molecular formula is C18H21N7O. The van der Waals surface area contributed by atoms with Crippen LogP contribution in [0.4, 0.5) is 5.95 Å². The average molecular weight is 351 g/mol. The molecule has 0 radical (unpaired) electrons. The van der Waals surface area contributed by atoms with Gasteiger partial charge in [-0.3, -0.25) is 0 Å². The maximum absolute atomic E-state index is 5.13. The molecule has 1 aromatic carbocycles. The number of rotatable bonds is 6. The number of fused-ring (bicyclic) bond motifs is 2. The number of methoxy groups -OCH3 is 1. The lowest BCUT2D eigenvalue weighted by Crippen LogP contribution is -2.22. The number of anilines is 1. The molecule has 0 amide bonds. The number of aryl methyl sites for hydroxylation is 1.